The molecule has 0 spiro atoms. The van der Waals surface area contributed by atoms with Gasteiger partial charge in [0.25, 0.3) is 0 Å². The lowest BCUT2D eigenvalue weighted by molar-refractivity contribution is -0.116. The minimum absolute atomic E-state index is 0.0177. The van der Waals surface area contributed by atoms with Crippen LogP contribution in [0.5, 0.6) is 5.75 Å². The molecule has 140 valence electrons. The molecule has 2 aromatic rings. The highest BCUT2D eigenvalue weighted by atomic mass is 32.2. The summed E-state index contributed by atoms with van der Waals surface area (Å²) in [6, 6.07) is 11.6. The molecule has 2 aromatic carbocycles. The number of rotatable bonds is 8. The molecule has 0 aromatic heterocycles. The van der Waals surface area contributed by atoms with Crippen LogP contribution in [0.3, 0.4) is 0 Å². The third-order valence-corrected chi connectivity index (χ3v) is 5.64. The maximum atomic E-state index is 12.9. The molecule has 0 heterocycles. The van der Waals surface area contributed by atoms with Gasteiger partial charge < -0.3 is 10.1 Å². The molecular weight excluding hydrogens is 359 g/mol. The third kappa shape index (κ3) is 5.27. The van der Waals surface area contributed by atoms with Crippen LogP contribution in [-0.4, -0.2) is 39.3 Å². The number of carbonyl (C=O) groups excluding carboxylic acids is 1. The Morgan fingerprint density at radius 1 is 1.12 bits per heavy atom. The fourth-order valence-corrected chi connectivity index (χ4v) is 3.48. The monoisotopic (exact) mass is 380 g/mol. The Balaban J connectivity index is 1.83. The van der Waals surface area contributed by atoms with Crippen molar-refractivity contribution < 1.29 is 22.3 Å². The molecule has 0 atom stereocenters. The van der Waals surface area contributed by atoms with Crippen molar-refractivity contribution in [2.24, 2.45) is 0 Å². The SMILES string of the molecule is COc1ccc(NC(=O)CCCN(C)S(=O)(=O)c2ccc(F)cc2)cc1. The molecule has 8 heteroatoms. The summed E-state index contributed by atoms with van der Waals surface area (Å²) < 4.78 is 43.9. The summed E-state index contributed by atoms with van der Waals surface area (Å²) in [4.78, 5) is 12.0. The second-order valence-electron chi connectivity index (χ2n) is 5.66. The van der Waals surface area contributed by atoms with Gasteiger partial charge in [-0.15, -0.1) is 0 Å². The maximum absolute atomic E-state index is 12.9. The molecule has 6 nitrogen and oxygen atoms in total. The van der Waals surface area contributed by atoms with Crippen molar-refractivity contribution in [3.63, 3.8) is 0 Å². The summed E-state index contributed by atoms with van der Waals surface area (Å²) in [7, 11) is -0.709. The summed E-state index contributed by atoms with van der Waals surface area (Å²) in [6.45, 7) is 0.176. The van der Waals surface area contributed by atoms with E-state index in [9.17, 15) is 17.6 Å². The average Bonchev–Trinajstić information content (AvgIpc) is 2.62. The lowest BCUT2D eigenvalue weighted by atomic mass is 10.2. The number of anilines is 1. The van der Waals surface area contributed by atoms with E-state index in [2.05, 4.69) is 5.32 Å². The van der Waals surface area contributed by atoms with Crippen LogP contribution in [0, 0.1) is 5.82 Å². The van der Waals surface area contributed by atoms with E-state index in [4.69, 9.17) is 4.74 Å². The fraction of sp³-hybridized carbons (Fsp3) is 0.278. The fourth-order valence-electron chi connectivity index (χ4n) is 2.27. The molecule has 1 amide bonds. The number of nitrogens with zero attached hydrogens (tertiary/aromatic N) is 1. The first kappa shape index (κ1) is 19.9. The first-order valence-corrected chi connectivity index (χ1v) is 9.43. The van der Waals surface area contributed by atoms with Crippen molar-refractivity contribution >= 4 is 21.6 Å². The van der Waals surface area contributed by atoms with Crippen LogP contribution in [0.2, 0.25) is 0 Å². The molecule has 0 aliphatic heterocycles. The van der Waals surface area contributed by atoms with Gasteiger partial charge in [-0.3, -0.25) is 4.79 Å². The van der Waals surface area contributed by atoms with Crippen molar-refractivity contribution in [3.8, 4) is 5.75 Å². The zero-order chi connectivity index (χ0) is 19.2. The van der Waals surface area contributed by atoms with Crippen LogP contribution in [-0.2, 0) is 14.8 Å². The highest BCUT2D eigenvalue weighted by Crippen LogP contribution is 2.17. The van der Waals surface area contributed by atoms with Crippen molar-refractivity contribution in [2.45, 2.75) is 17.7 Å². The van der Waals surface area contributed by atoms with Crippen LogP contribution < -0.4 is 10.1 Å². The Labute approximate surface area is 152 Å². The molecule has 26 heavy (non-hydrogen) atoms. The van der Waals surface area contributed by atoms with E-state index in [1.54, 1.807) is 31.4 Å². The number of halogens is 1. The number of methoxy groups -OCH3 is 1. The van der Waals surface area contributed by atoms with Gasteiger partial charge in [0.2, 0.25) is 15.9 Å². The predicted octanol–water partition coefficient (Wildman–Crippen LogP) is 2.87. The number of nitrogens with one attached hydrogen (secondary N) is 1. The Hall–Kier alpha value is -2.45. The third-order valence-electron chi connectivity index (χ3n) is 3.77. The number of benzene rings is 2. The molecule has 0 saturated carbocycles. The second-order valence-corrected chi connectivity index (χ2v) is 7.71. The van der Waals surface area contributed by atoms with Crippen molar-refractivity contribution in [1.29, 1.82) is 0 Å². The molecule has 0 unspecified atom stereocenters. The standard InChI is InChI=1S/C18H21FN2O4S/c1-21(26(23,24)17-11-5-14(19)6-12-17)13-3-4-18(22)20-15-7-9-16(25-2)10-8-15/h5-12H,3-4,13H2,1-2H3,(H,20,22). The van der Waals surface area contributed by atoms with Gasteiger partial charge in [0.15, 0.2) is 0 Å². The Kier molecular flexibility index (Phi) is 6.70. The summed E-state index contributed by atoms with van der Waals surface area (Å²) in [6.07, 6.45) is 0.536. The Morgan fingerprint density at radius 2 is 1.73 bits per heavy atom. The lowest BCUT2D eigenvalue weighted by Crippen LogP contribution is -2.28. The second kappa shape index (κ2) is 8.77. The van der Waals surface area contributed by atoms with Crippen LogP contribution in [0.15, 0.2) is 53.4 Å². The number of sulfonamides is 1. The van der Waals surface area contributed by atoms with E-state index in [0.29, 0.717) is 17.9 Å². The van der Waals surface area contributed by atoms with E-state index in [1.165, 1.54) is 19.2 Å². The van der Waals surface area contributed by atoms with Crippen LogP contribution >= 0.6 is 0 Å². The molecule has 0 saturated heterocycles. The minimum atomic E-state index is -3.70. The van der Waals surface area contributed by atoms with Crippen molar-refractivity contribution in [2.75, 3.05) is 26.0 Å². The van der Waals surface area contributed by atoms with Gasteiger partial charge in [-0.25, -0.2) is 17.1 Å². The Bertz CT molecular complexity index is 836. The number of amides is 1. The number of hydrogen-bond donors (Lipinski definition) is 1. The van der Waals surface area contributed by atoms with E-state index < -0.39 is 15.8 Å². The average molecular weight is 380 g/mol. The van der Waals surface area contributed by atoms with E-state index in [1.807, 2.05) is 0 Å². The van der Waals surface area contributed by atoms with Crippen LogP contribution in [0.4, 0.5) is 10.1 Å². The van der Waals surface area contributed by atoms with Crippen LogP contribution in [0.1, 0.15) is 12.8 Å². The zero-order valence-electron chi connectivity index (χ0n) is 14.6. The lowest BCUT2D eigenvalue weighted by Gasteiger charge is -2.17. The molecule has 0 bridgehead atoms. The smallest absolute Gasteiger partial charge is 0.242 e. The highest BCUT2D eigenvalue weighted by Gasteiger charge is 2.20. The molecule has 0 radical (unpaired) electrons. The largest absolute Gasteiger partial charge is 0.497 e. The highest BCUT2D eigenvalue weighted by molar-refractivity contribution is 7.89. The summed E-state index contributed by atoms with van der Waals surface area (Å²) in [5.74, 6) is -0.0137. The van der Waals surface area contributed by atoms with Gasteiger partial charge in [0.1, 0.15) is 11.6 Å². The predicted molar refractivity (Wildman–Crippen MR) is 97.1 cm³/mol. The van der Waals surface area contributed by atoms with Gasteiger partial charge in [-0.2, -0.15) is 0 Å². The minimum Gasteiger partial charge on any atom is -0.497 e. The van der Waals surface area contributed by atoms with Crippen molar-refractivity contribution in [3.05, 3.63) is 54.3 Å². The quantitative estimate of drug-likeness (QED) is 0.764. The summed E-state index contributed by atoms with van der Waals surface area (Å²) in [5.41, 5.74) is 0.642. The summed E-state index contributed by atoms with van der Waals surface area (Å²) >= 11 is 0. The molecule has 0 aliphatic rings. The van der Waals surface area contributed by atoms with Gasteiger partial charge in [-0.1, -0.05) is 0 Å². The number of hydrogen-bond acceptors (Lipinski definition) is 4. The van der Waals surface area contributed by atoms with Gasteiger partial charge in [0.05, 0.1) is 12.0 Å². The maximum Gasteiger partial charge on any atom is 0.242 e. The van der Waals surface area contributed by atoms with Crippen molar-refractivity contribution in [1.82, 2.24) is 4.31 Å². The molecule has 0 aliphatic carbocycles. The van der Waals surface area contributed by atoms with E-state index in [0.717, 1.165) is 16.4 Å². The molecular formula is C18H21FN2O4S. The number of carbonyl (C=O) groups is 1. The molecule has 1 N–H and O–H groups in total. The van der Waals surface area contributed by atoms with Gasteiger partial charge in [-0.05, 0) is 55.0 Å². The summed E-state index contributed by atoms with van der Waals surface area (Å²) in [5, 5.41) is 2.74. The van der Waals surface area contributed by atoms with Gasteiger partial charge >= 0.3 is 0 Å². The normalized spacial score (nSPS) is 11.4. The topological polar surface area (TPSA) is 75.7 Å². The zero-order valence-corrected chi connectivity index (χ0v) is 15.4. The number of ether oxygens (including phenoxy) is 1. The first-order valence-electron chi connectivity index (χ1n) is 7.99. The first-order chi connectivity index (χ1) is 12.3. The Morgan fingerprint density at radius 3 is 2.31 bits per heavy atom. The van der Waals surface area contributed by atoms with E-state index >= 15 is 0 Å². The van der Waals surface area contributed by atoms with E-state index in [-0.39, 0.29) is 23.8 Å². The van der Waals surface area contributed by atoms with Crippen LogP contribution in [0.25, 0.3) is 0 Å². The molecule has 0 fully saturated rings. The van der Waals surface area contributed by atoms with Gasteiger partial charge in [0, 0.05) is 25.7 Å². The molecule has 2 rings (SSSR count).